The van der Waals surface area contributed by atoms with Gasteiger partial charge in [0.1, 0.15) is 11.1 Å². The Kier molecular flexibility index (Phi) is 6.68. The smallest absolute Gasteiger partial charge is 0.221 e. The number of hydrogen-bond acceptors (Lipinski definition) is 5. The molecule has 0 radical (unpaired) electrons. The van der Waals surface area contributed by atoms with Gasteiger partial charge in [0.2, 0.25) is 10.0 Å². The molecule has 0 amide bonds. The lowest BCUT2D eigenvalue weighted by Crippen LogP contribution is -2.50. The van der Waals surface area contributed by atoms with E-state index in [0.717, 1.165) is 63.2 Å². The van der Waals surface area contributed by atoms with Gasteiger partial charge in [0.15, 0.2) is 5.79 Å². The predicted octanol–water partition coefficient (Wildman–Crippen LogP) is 4.61. The van der Waals surface area contributed by atoms with E-state index in [1.165, 1.54) is 10.4 Å². The minimum Gasteiger partial charge on any atom is -0.371 e. The Balaban J connectivity index is 1.30. The van der Waals surface area contributed by atoms with Crippen molar-refractivity contribution >= 4 is 15.7 Å². The Morgan fingerprint density at radius 3 is 2.41 bits per heavy atom. The van der Waals surface area contributed by atoms with Crippen LogP contribution in [0.4, 0.5) is 10.1 Å². The SMILES string of the molecule is C[C@H]1CC[C@H](c2ccccc2)S(=O)(=O)N1Cc1ccc(N2CCC3(CC2)OCCCO3)cc1F. The van der Waals surface area contributed by atoms with E-state index >= 15 is 4.39 Å². The number of benzene rings is 2. The van der Waals surface area contributed by atoms with E-state index < -0.39 is 21.1 Å². The van der Waals surface area contributed by atoms with Gasteiger partial charge in [0.05, 0.1) is 13.2 Å². The maximum absolute atomic E-state index is 15.2. The van der Waals surface area contributed by atoms with Crippen LogP contribution in [0.2, 0.25) is 0 Å². The largest absolute Gasteiger partial charge is 0.371 e. The van der Waals surface area contributed by atoms with Crippen LogP contribution in [-0.4, -0.2) is 50.9 Å². The van der Waals surface area contributed by atoms with Crippen LogP contribution in [0.3, 0.4) is 0 Å². The Labute approximate surface area is 201 Å². The van der Waals surface area contributed by atoms with Crippen molar-refractivity contribution in [2.75, 3.05) is 31.2 Å². The molecule has 3 aliphatic rings. The van der Waals surface area contributed by atoms with Crippen molar-refractivity contribution in [3.63, 3.8) is 0 Å². The number of anilines is 1. The molecule has 1 spiro atoms. The van der Waals surface area contributed by atoms with Gasteiger partial charge < -0.3 is 14.4 Å². The van der Waals surface area contributed by atoms with E-state index in [-0.39, 0.29) is 18.4 Å². The van der Waals surface area contributed by atoms with Crippen LogP contribution < -0.4 is 4.90 Å². The number of sulfonamides is 1. The van der Waals surface area contributed by atoms with Crippen LogP contribution in [0.15, 0.2) is 48.5 Å². The summed E-state index contributed by atoms with van der Waals surface area (Å²) in [7, 11) is -3.60. The quantitative estimate of drug-likeness (QED) is 0.629. The lowest BCUT2D eigenvalue weighted by atomic mass is 10.0. The number of nitrogens with zero attached hydrogens (tertiary/aromatic N) is 2. The van der Waals surface area contributed by atoms with Crippen LogP contribution in [0.5, 0.6) is 0 Å². The third-order valence-electron chi connectivity index (χ3n) is 7.47. The summed E-state index contributed by atoms with van der Waals surface area (Å²) in [6.07, 6.45) is 3.75. The molecule has 2 aromatic rings. The van der Waals surface area contributed by atoms with Crippen molar-refractivity contribution in [1.29, 1.82) is 0 Å². The normalized spacial score (nSPS) is 27.1. The van der Waals surface area contributed by atoms with Gasteiger partial charge in [-0.3, -0.25) is 0 Å². The van der Waals surface area contributed by atoms with Crippen molar-refractivity contribution in [3.8, 4) is 0 Å². The molecule has 6 nitrogen and oxygen atoms in total. The molecule has 5 rings (SSSR count). The highest BCUT2D eigenvalue weighted by atomic mass is 32.2. The van der Waals surface area contributed by atoms with Crippen molar-refractivity contribution in [2.24, 2.45) is 0 Å². The van der Waals surface area contributed by atoms with Crippen molar-refractivity contribution in [1.82, 2.24) is 4.31 Å². The molecule has 3 heterocycles. The summed E-state index contributed by atoms with van der Waals surface area (Å²) in [5, 5.41) is -0.586. The number of rotatable bonds is 4. The molecule has 34 heavy (non-hydrogen) atoms. The van der Waals surface area contributed by atoms with Gasteiger partial charge in [-0.25, -0.2) is 12.8 Å². The second kappa shape index (κ2) is 9.57. The first-order valence-corrected chi connectivity index (χ1v) is 13.8. The molecule has 0 aliphatic carbocycles. The molecular formula is C26H33FN2O4S. The average Bonchev–Trinajstić information content (AvgIpc) is 2.84. The van der Waals surface area contributed by atoms with Crippen LogP contribution in [-0.2, 0) is 26.0 Å². The maximum Gasteiger partial charge on any atom is 0.221 e. The highest BCUT2D eigenvalue weighted by Gasteiger charge is 2.41. The molecule has 3 fully saturated rings. The molecule has 2 aromatic carbocycles. The van der Waals surface area contributed by atoms with E-state index in [4.69, 9.17) is 9.47 Å². The molecule has 0 unspecified atom stereocenters. The van der Waals surface area contributed by atoms with Gasteiger partial charge >= 0.3 is 0 Å². The molecule has 3 aliphatic heterocycles. The molecule has 0 aromatic heterocycles. The fraction of sp³-hybridized carbons (Fsp3) is 0.538. The maximum atomic E-state index is 15.2. The first kappa shape index (κ1) is 23.7. The summed E-state index contributed by atoms with van der Waals surface area (Å²) in [5.74, 6) is -0.853. The lowest BCUT2D eigenvalue weighted by Gasteiger charge is -2.44. The molecule has 2 atom stereocenters. The van der Waals surface area contributed by atoms with E-state index in [1.54, 1.807) is 6.07 Å². The zero-order valence-corrected chi connectivity index (χ0v) is 20.5. The summed E-state index contributed by atoms with van der Waals surface area (Å²) >= 11 is 0. The second-order valence-electron chi connectivity index (χ2n) is 9.64. The lowest BCUT2D eigenvalue weighted by molar-refractivity contribution is -0.275. The number of piperidine rings is 1. The third kappa shape index (κ3) is 4.61. The minimum absolute atomic E-state index is 0.0454. The topological polar surface area (TPSA) is 59.1 Å². The summed E-state index contributed by atoms with van der Waals surface area (Å²) in [4.78, 5) is 2.14. The van der Waals surface area contributed by atoms with E-state index in [2.05, 4.69) is 4.90 Å². The van der Waals surface area contributed by atoms with Gasteiger partial charge in [-0.15, -0.1) is 0 Å². The second-order valence-corrected chi connectivity index (χ2v) is 11.7. The fourth-order valence-electron chi connectivity index (χ4n) is 5.39. The highest BCUT2D eigenvalue weighted by molar-refractivity contribution is 7.89. The Hall–Kier alpha value is -2.00. The summed E-state index contributed by atoms with van der Waals surface area (Å²) in [5.41, 5.74) is 2.01. The summed E-state index contributed by atoms with van der Waals surface area (Å²) in [6.45, 7) is 4.87. The number of halogens is 1. The van der Waals surface area contributed by atoms with Crippen molar-refractivity contribution in [3.05, 3.63) is 65.5 Å². The molecular weight excluding hydrogens is 455 g/mol. The highest BCUT2D eigenvalue weighted by Crippen LogP contribution is 2.39. The predicted molar refractivity (Wildman–Crippen MR) is 129 cm³/mol. The fourth-order valence-corrected chi connectivity index (χ4v) is 7.58. The molecule has 0 saturated carbocycles. The molecule has 3 saturated heterocycles. The van der Waals surface area contributed by atoms with Crippen LogP contribution >= 0.6 is 0 Å². The van der Waals surface area contributed by atoms with Crippen LogP contribution in [0.25, 0.3) is 0 Å². The molecule has 8 heteroatoms. The number of hydrogen-bond donors (Lipinski definition) is 0. The standard InChI is InChI=1S/C26H33FN2O4S/c1-20-8-11-25(21-6-3-2-4-7-21)34(30,31)29(20)19-22-9-10-23(18-24(22)27)28-14-12-26(13-15-28)32-16-5-17-33-26/h2-4,6-7,9-10,18,20,25H,5,8,11-17,19H2,1H3/t20-,25+/m0/s1. The van der Waals surface area contributed by atoms with Gasteiger partial charge in [-0.2, -0.15) is 4.31 Å². The van der Waals surface area contributed by atoms with E-state index in [1.807, 2.05) is 43.3 Å². The van der Waals surface area contributed by atoms with E-state index in [9.17, 15) is 8.42 Å². The van der Waals surface area contributed by atoms with Crippen LogP contribution in [0, 0.1) is 5.82 Å². The first-order chi connectivity index (χ1) is 16.4. The number of ether oxygens (including phenoxy) is 2. The monoisotopic (exact) mass is 488 g/mol. The Morgan fingerprint density at radius 2 is 1.74 bits per heavy atom. The molecule has 0 N–H and O–H groups in total. The zero-order chi connectivity index (χ0) is 23.8. The van der Waals surface area contributed by atoms with Crippen molar-refractivity contribution in [2.45, 2.75) is 62.7 Å². The van der Waals surface area contributed by atoms with Crippen molar-refractivity contribution < 1.29 is 22.3 Å². The average molecular weight is 489 g/mol. The summed E-state index contributed by atoms with van der Waals surface area (Å²) < 4.78 is 55.4. The zero-order valence-electron chi connectivity index (χ0n) is 19.7. The van der Waals surface area contributed by atoms with Crippen LogP contribution in [0.1, 0.15) is 55.4 Å². The Bertz CT molecular complexity index is 1100. The van der Waals surface area contributed by atoms with Gasteiger partial charge in [0, 0.05) is 49.8 Å². The van der Waals surface area contributed by atoms with E-state index in [0.29, 0.717) is 12.0 Å². The van der Waals surface area contributed by atoms with Gasteiger partial charge in [0.25, 0.3) is 0 Å². The van der Waals surface area contributed by atoms with Gasteiger partial charge in [-0.1, -0.05) is 36.4 Å². The molecule has 184 valence electrons. The third-order valence-corrected chi connectivity index (χ3v) is 9.84. The Morgan fingerprint density at radius 1 is 1.03 bits per heavy atom. The summed E-state index contributed by atoms with van der Waals surface area (Å²) in [6, 6.07) is 14.3. The molecule has 0 bridgehead atoms. The first-order valence-electron chi connectivity index (χ1n) is 12.2. The minimum atomic E-state index is -3.60. The van der Waals surface area contributed by atoms with Gasteiger partial charge in [-0.05, 0) is 43.9 Å².